The highest BCUT2D eigenvalue weighted by Gasteiger charge is 2.13. The molecule has 7 nitrogen and oxygen atoms in total. The largest absolute Gasteiger partial charge is 0.494 e. The Kier molecular flexibility index (Phi) is 6.45. The van der Waals surface area contributed by atoms with E-state index in [0.717, 1.165) is 11.5 Å². The Morgan fingerprint density at radius 1 is 1.16 bits per heavy atom. The number of amides is 3. The number of hydrogen-bond acceptors (Lipinski definition) is 4. The van der Waals surface area contributed by atoms with Gasteiger partial charge < -0.3 is 25.1 Å². The van der Waals surface area contributed by atoms with E-state index < -0.39 is 6.03 Å². The molecule has 7 heteroatoms. The molecule has 0 bridgehead atoms. The minimum atomic E-state index is -0.441. The summed E-state index contributed by atoms with van der Waals surface area (Å²) >= 11 is 0. The molecule has 3 amide bonds. The van der Waals surface area contributed by atoms with Crippen LogP contribution >= 0.6 is 0 Å². The lowest BCUT2D eigenvalue weighted by molar-refractivity contribution is -0.115. The minimum absolute atomic E-state index is 0.136. The van der Waals surface area contributed by atoms with Gasteiger partial charge in [-0.1, -0.05) is 0 Å². The molecule has 1 heterocycles. The average Bonchev–Trinajstić information content (AvgIpc) is 3.02. The summed E-state index contributed by atoms with van der Waals surface area (Å²) in [5, 5.41) is 7.92. The molecule has 2 aromatic rings. The first-order chi connectivity index (χ1) is 12.0. The number of carbonyl (C=O) groups excluding carboxylic acids is 2. The van der Waals surface area contributed by atoms with Gasteiger partial charge in [-0.3, -0.25) is 4.79 Å². The van der Waals surface area contributed by atoms with E-state index >= 15 is 0 Å². The number of carbonyl (C=O) groups is 2. The number of rotatable bonds is 7. The summed E-state index contributed by atoms with van der Waals surface area (Å²) in [6, 6.07) is 9.92. The summed E-state index contributed by atoms with van der Waals surface area (Å²) in [7, 11) is 0. The zero-order valence-corrected chi connectivity index (χ0v) is 14.6. The van der Waals surface area contributed by atoms with Crippen LogP contribution in [0.5, 0.6) is 5.75 Å². The highest BCUT2D eigenvalue weighted by molar-refractivity contribution is 5.94. The summed E-state index contributed by atoms with van der Waals surface area (Å²) < 4.78 is 10.8. The maximum atomic E-state index is 11.9. The lowest BCUT2D eigenvalue weighted by atomic mass is 10.2. The highest BCUT2D eigenvalue weighted by Crippen LogP contribution is 2.16. The number of ether oxygens (including phenoxy) is 1. The first-order valence-corrected chi connectivity index (χ1v) is 8.11. The minimum Gasteiger partial charge on any atom is -0.494 e. The molecule has 1 aromatic carbocycles. The van der Waals surface area contributed by atoms with Crippen molar-refractivity contribution in [2.75, 3.05) is 18.5 Å². The maximum Gasteiger partial charge on any atom is 0.315 e. The Morgan fingerprint density at radius 3 is 2.48 bits per heavy atom. The van der Waals surface area contributed by atoms with Gasteiger partial charge in [0.2, 0.25) is 5.91 Å². The van der Waals surface area contributed by atoms with Gasteiger partial charge in [0, 0.05) is 5.69 Å². The van der Waals surface area contributed by atoms with Gasteiger partial charge in [0.25, 0.3) is 0 Å². The lowest BCUT2D eigenvalue weighted by Crippen LogP contribution is -2.40. The summed E-state index contributed by atoms with van der Waals surface area (Å²) in [6.07, 6.45) is 0. The summed E-state index contributed by atoms with van der Waals surface area (Å²) in [6.45, 7) is 5.99. The number of hydrogen-bond donors (Lipinski definition) is 3. The monoisotopic (exact) mass is 345 g/mol. The first kappa shape index (κ1) is 18.4. The third kappa shape index (κ3) is 5.87. The van der Waals surface area contributed by atoms with Crippen LogP contribution in [0.3, 0.4) is 0 Å². The van der Waals surface area contributed by atoms with E-state index in [1.807, 2.05) is 19.9 Å². The van der Waals surface area contributed by atoms with Gasteiger partial charge in [-0.05, 0) is 57.2 Å². The average molecular weight is 345 g/mol. The normalized spacial score (nSPS) is 11.5. The predicted molar refractivity (Wildman–Crippen MR) is 94.6 cm³/mol. The number of nitrogens with one attached hydrogen (secondary N) is 3. The number of anilines is 1. The molecule has 0 fully saturated rings. The van der Waals surface area contributed by atoms with Gasteiger partial charge in [-0.15, -0.1) is 0 Å². The van der Waals surface area contributed by atoms with E-state index in [1.54, 1.807) is 37.3 Å². The second kappa shape index (κ2) is 8.77. The molecule has 0 spiro atoms. The van der Waals surface area contributed by atoms with E-state index in [4.69, 9.17) is 9.15 Å². The predicted octanol–water partition coefficient (Wildman–Crippen LogP) is 2.99. The molecule has 0 aliphatic rings. The second-order valence-electron chi connectivity index (χ2n) is 5.50. The highest BCUT2D eigenvalue weighted by atomic mass is 16.5. The third-order valence-corrected chi connectivity index (χ3v) is 3.39. The van der Waals surface area contributed by atoms with Crippen LogP contribution in [0, 0.1) is 6.92 Å². The van der Waals surface area contributed by atoms with E-state index in [0.29, 0.717) is 18.1 Å². The molecule has 134 valence electrons. The van der Waals surface area contributed by atoms with Gasteiger partial charge >= 0.3 is 6.03 Å². The number of urea groups is 1. The number of benzene rings is 1. The van der Waals surface area contributed by atoms with Crippen molar-refractivity contribution in [3.63, 3.8) is 0 Å². The van der Waals surface area contributed by atoms with Crippen LogP contribution in [0.1, 0.15) is 31.4 Å². The van der Waals surface area contributed by atoms with E-state index in [-0.39, 0.29) is 18.5 Å². The van der Waals surface area contributed by atoms with Crippen LogP contribution in [-0.2, 0) is 4.79 Å². The molecule has 0 saturated carbocycles. The zero-order chi connectivity index (χ0) is 18.2. The molecule has 25 heavy (non-hydrogen) atoms. The van der Waals surface area contributed by atoms with E-state index in [9.17, 15) is 9.59 Å². The Morgan fingerprint density at radius 2 is 1.88 bits per heavy atom. The SMILES string of the molecule is CCOc1ccc(NC(=O)CNC(=O)N[C@H](C)c2ccc(C)o2)cc1. The first-order valence-electron chi connectivity index (χ1n) is 8.11. The van der Waals surface area contributed by atoms with E-state index in [2.05, 4.69) is 16.0 Å². The van der Waals surface area contributed by atoms with Gasteiger partial charge in [0.05, 0.1) is 19.2 Å². The molecular weight excluding hydrogens is 322 g/mol. The topological polar surface area (TPSA) is 92.6 Å². The van der Waals surface area contributed by atoms with Crippen molar-refractivity contribution in [3.8, 4) is 5.75 Å². The zero-order valence-electron chi connectivity index (χ0n) is 14.6. The summed E-state index contributed by atoms with van der Waals surface area (Å²) in [4.78, 5) is 23.7. The van der Waals surface area contributed by atoms with Crippen LogP contribution in [-0.4, -0.2) is 25.1 Å². The van der Waals surface area contributed by atoms with Gasteiger partial charge in [0.15, 0.2) is 0 Å². The van der Waals surface area contributed by atoms with Crippen molar-refractivity contribution in [3.05, 3.63) is 47.9 Å². The second-order valence-corrected chi connectivity index (χ2v) is 5.50. The number of furan rings is 1. The fourth-order valence-electron chi connectivity index (χ4n) is 2.17. The summed E-state index contributed by atoms with van der Waals surface area (Å²) in [5.41, 5.74) is 0.634. The standard InChI is InChI=1S/C18H23N3O4/c1-4-24-15-8-6-14(7-9-15)21-17(22)11-19-18(23)20-13(3)16-10-5-12(2)25-16/h5-10,13H,4,11H2,1-3H3,(H,21,22)(H2,19,20,23)/t13-/m1/s1. The Bertz CT molecular complexity index is 709. The lowest BCUT2D eigenvalue weighted by Gasteiger charge is -2.13. The number of aryl methyl sites for hydroxylation is 1. The van der Waals surface area contributed by atoms with Crippen molar-refractivity contribution in [2.45, 2.75) is 26.8 Å². The van der Waals surface area contributed by atoms with E-state index in [1.165, 1.54) is 0 Å². The van der Waals surface area contributed by atoms with Crippen molar-refractivity contribution in [2.24, 2.45) is 0 Å². The Hall–Kier alpha value is -2.96. The van der Waals surface area contributed by atoms with Crippen LogP contribution in [0.25, 0.3) is 0 Å². The molecule has 1 aromatic heterocycles. The van der Waals surface area contributed by atoms with Crippen LogP contribution in [0.15, 0.2) is 40.8 Å². The molecule has 0 unspecified atom stereocenters. The molecule has 3 N–H and O–H groups in total. The van der Waals surface area contributed by atoms with Gasteiger partial charge in [-0.25, -0.2) is 4.79 Å². The van der Waals surface area contributed by atoms with Crippen molar-refractivity contribution < 1.29 is 18.7 Å². The molecule has 2 rings (SSSR count). The smallest absolute Gasteiger partial charge is 0.315 e. The van der Waals surface area contributed by atoms with Crippen molar-refractivity contribution >= 4 is 17.6 Å². The molecular formula is C18H23N3O4. The fourth-order valence-corrected chi connectivity index (χ4v) is 2.17. The van der Waals surface area contributed by atoms with Crippen LogP contribution in [0.2, 0.25) is 0 Å². The van der Waals surface area contributed by atoms with Crippen molar-refractivity contribution in [1.82, 2.24) is 10.6 Å². The van der Waals surface area contributed by atoms with Gasteiger partial charge in [-0.2, -0.15) is 0 Å². The molecule has 0 aliphatic carbocycles. The maximum absolute atomic E-state index is 11.9. The van der Waals surface area contributed by atoms with Crippen LogP contribution < -0.4 is 20.7 Å². The molecule has 1 atom stereocenters. The van der Waals surface area contributed by atoms with Crippen molar-refractivity contribution in [1.29, 1.82) is 0 Å². The summed E-state index contributed by atoms with van der Waals surface area (Å²) in [5.74, 6) is 1.85. The fraction of sp³-hybridized carbons (Fsp3) is 0.333. The van der Waals surface area contributed by atoms with Crippen LogP contribution in [0.4, 0.5) is 10.5 Å². The quantitative estimate of drug-likeness (QED) is 0.719. The Balaban J connectivity index is 1.74. The molecule has 0 radical (unpaired) electrons. The molecule has 0 saturated heterocycles. The van der Waals surface area contributed by atoms with Gasteiger partial charge in [0.1, 0.15) is 17.3 Å². The molecule has 0 aliphatic heterocycles. The Labute approximate surface area is 146 Å². The third-order valence-electron chi connectivity index (χ3n) is 3.39.